The first-order valence-corrected chi connectivity index (χ1v) is 4.75. The normalized spacial score (nSPS) is 26.5. The first-order valence-electron chi connectivity index (χ1n) is 4.75. The van der Waals surface area contributed by atoms with Gasteiger partial charge in [-0.25, -0.2) is 0 Å². The van der Waals surface area contributed by atoms with Gasteiger partial charge in [-0.1, -0.05) is 0 Å². The van der Waals surface area contributed by atoms with E-state index in [4.69, 9.17) is 18.9 Å². The van der Waals surface area contributed by atoms with Crippen LogP contribution in [0.15, 0.2) is 0 Å². The molecule has 0 aromatic heterocycles. The van der Waals surface area contributed by atoms with Gasteiger partial charge in [-0.15, -0.1) is 0 Å². The third kappa shape index (κ3) is 2.64. The maximum absolute atomic E-state index is 5.51. The second kappa shape index (κ2) is 4.91. The predicted octanol–water partition coefficient (Wildman–Crippen LogP) is 1.50. The fraction of sp³-hybridized carbons (Fsp3) is 1.00. The lowest BCUT2D eigenvalue weighted by molar-refractivity contribution is -0.385. The van der Waals surface area contributed by atoms with Crippen molar-refractivity contribution in [2.75, 3.05) is 20.3 Å². The van der Waals surface area contributed by atoms with Crippen LogP contribution in [0.2, 0.25) is 0 Å². The number of rotatable bonds is 5. The molecular formula is C9H18O4. The molecular weight excluding hydrogens is 172 g/mol. The molecule has 0 aromatic rings. The molecule has 0 saturated carbocycles. The lowest BCUT2D eigenvalue weighted by Crippen LogP contribution is -2.36. The van der Waals surface area contributed by atoms with E-state index in [1.54, 1.807) is 7.11 Å². The molecule has 0 bridgehead atoms. The Morgan fingerprint density at radius 3 is 2.31 bits per heavy atom. The third-order valence-corrected chi connectivity index (χ3v) is 1.99. The molecule has 0 aliphatic carbocycles. The summed E-state index contributed by atoms with van der Waals surface area (Å²) in [5.74, 6) is -0.857. The monoisotopic (exact) mass is 190 g/mol. The Morgan fingerprint density at radius 1 is 1.31 bits per heavy atom. The van der Waals surface area contributed by atoms with E-state index in [9.17, 15) is 0 Å². The third-order valence-electron chi connectivity index (χ3n) is 1.99. The van der Waals surface area contributed by atoms with E-state index in [1.165, 1.54) is 0 Å². The van der Waals surface area contributed by atoms with Crippen molar-refractivity contribution < 1.29 is 18.9 Å². The number of hydrogen-bond acceptors (Lipinski definition) is 4. The van der Waals surface area contributed by atoms with Crippen LogP contribution >= 0.6 is 0 Å². The zero-order chi connectivity index (χ0) is 9.73. The molecule has 1 atom stereocenters. The molecule has 1 aliphatic rings. The molecule has 0 amide bonds. The van der Waals surface area contributed by atoms with Gasteiger partial charge < -0.3 is 14.2 Å². The van der Waals surface area contributed by atoms with Crippen LogP contribution in [0.1, 0.15) is 26.7 Å². The molecule has 1 fully saturated rings. The van der Waals surface area contributed by atoms with Crippen molar-refractivity contribution in [3.8, 4) is 0 Å². The smallest absolute Gasteiger partial charge is 0.285 e. The van der Waals surface area contributed by atoms with E-state index in [-0.39, 0.29) is 6.29 Å². The van der Waals surface area contributed by atoms with Gasteiger partial charge in [0.15, 0.2) is 6.29 Å². The minimum absolute atomic E-state index is 0.196. The largest absolute Gasteiger partial charge is 0.356 e. The van der Waals surface area contributed by atoms with Gasteiger partial charge in [0, 0.05) is 33.2 Å². The highest BCUT2D eigenvalue weighted by atomic mass is 16.9. The van der Waals surface area contributed by atoms with Crippen molar-refractivity contribution in [2.24, 2.45) is 0 Å². The standard InChI is InChI=1S/C9H18O4/c1-4-11-9(12-5-2)7-6-8(10-3)13-9/h8H,4-7H2,1-3H3. The topological polar surface area (TPSA) is 36.9 Å². The van der Waals surface area contributed by atoms with Crippen molar-refractivity contribution in [1.82, 2.24) is 0 Å². The number of ether oxygens (including phenoxy) is 4. The molecule has 78 valence electrons. The van der Waals surface area contributed by atoms with Gasteiger partial charge in [0.05, 0.1) is 0 Å². The maximum atomic E-state index is 5.51. The summed E-state index contributed by atoms with van der Waals surface area (Å²) >= 11 is 0. The zero-order valence-corrected chi connectivity index (χ0v) is 8.54. The molecule has 13 heavy (non-hydrogen) atoms. The predicted molar refractivity (Wildman–Crippen MR) is 47.1 cm³/mol. The molecule has 0 radical (unpaired) electrons. The van der Waals surface area contributed by atoms with Crippen molar-refractivity contribution in [2.45, 2.75) is 39.0 Å². The van der Waals surface area contributed by atoms with Gasteiger partial charge >= 0.3 is 0 Å². The Hall–Kier alpha value is -0.160. The summed E-state index contributed by atoms with van der Waals surface area (Å²) < 4.78 is 21.5. The van der Waals surface area contributed by atoms with Gasteiger partial charge in [0.25, 0.3) is 5.97 Å². The summed E-state index contributed by atoms with van der Waals surface area (Å²) in [6, 6.07) is 0. The lowest BCUT2D eigenvalue weighted by Gasteiger charge is -2.27. The van der Waals surface area contributed by atoms with Crippen molar-refractivity contribution in [3.05, 3.63) is 0 Å². The molecule has 4 nitrogen and oxygen atoms in total. The minimum atomic E-state index is -0.857. The Kier molecular flexibility index (Phi) is 4.12. The maximum Gasteiger partial charge on any atom is 0.285 e. The van der Waals surface area contributed by atoms with Crippen LogP contribution in [-0.2, 0) is 18.9 Å². The van der Waals surface area contributed by atoms with Gasteiger partial charge in [0.1, 0.15) is 0 Å². The Balaban J connectivity index is 2.49. The van der Waals surface area contributed by atoms with Crippen LogP contribution < -0.4 is 0 Å². The van der Waals surface area contributed by atoms with Crippen molar-refractivity contribution in [3.63, 3.8) is 0 Å². The SMILES string of the molecule is CCOC1(OCC)CCC(OC)O1. The average molecular weight is 190 g/mol. The van der Waals surface area contributed by atoms with Crippen LogP contribution in [0.3, 0.4) is 0 Å². The zero-order valence-electron chi connectivity index (χ0n) is 8.54. The summed E-state index contributed by atoms with van der Waals surface area (Å²) in [5.41, 5.74) is 0. The Morgan fingerprint density at radius 2 is 1.92 bits per heavy atom. The fourth-order valence-electron chi connectivity index (χ4n) is 1.47. The molecule has 1 rings (SSSR count). The molecule has 1 saturated heterocycles. The highest BCUT2D eigenvalue weighted by molar-refractivity contribution is 4.68. The summed E-state index contributed by atoms with van der Waals surface area (Å²) in [5, 5.41) is 0. The Labute approximate surface area is 79.1 Å². The van der Waals surface area contributed by atoms with E-state index in [0.29, 0.717) is 13.2 Å². The molecule has 4 heteroatoms. The van der Waals surface area contributed by atoms with E-state index < -0.39 is 5.97 Å². The highest BCUT2D eigenvalue weighted by Crippen LogP contribution is 2.32. The quantitative estimate of drug-likeness (QED) is 0.615. The van der Waals surface area contributed by atoms with Crippen LogP contribution in [-0.4, -0.2) is 32.6 Å². The van der Waals surface area contributed by atoms with Gasteiger partial charge in [0.2, 0.25) is 0 Å². The average Bonchev–Trinajstić information content (AvgIpc) is 2.50. The highest BCUT2D eigenvalue weighted by Gasteiger charge is 2.42. The van der Waals surface area contributed by atoms with E-state index in [2.05, 4.69) is 0 Å². The number of hydrogen-bond donors (Lipinski definition) is 0. The summed E-state index contributed by atoms with van der Waals surface area (Å²) in [6.07, 6.45) is 1.35. The summed E-state index contributed by atoms with van der Waals surface area (Å²) in [6.45, 7) is 5.00. The fourth-order valence-corrected chi connectivity index (χ4v) is 1.47. The molecule has 0 spiro atoms. The van der Waals surface area contributed by atoms with Crippen LogP contribution in [0.5, 0.6) is 0 Å². The minimum Gasteiger partial charge on any atom is -0.356 e. The van der Waals surface area contributed by atoms with Gasteiger partial charge in [-0.05, 0) is 13.8 Å². The van der Waals surface area contributed by atoms with E-state index in [0.717, 1.165) is 12.8 Å². The summed E-state index contributed by atoms with van der Waals surface area (Å²) in [4.78, 5) is 0. The molecule has 0 N–H and O–H groups in total. The molecule has 1 aliphatic heterocycles. The molecule has 1 heterocycles. The second-order valence-corrected chi connectivity index (χ2v) is 2.87. The lowest BCUT2D eigenvalue weighted by atomic mass is 10.3. The molecule has 1 unspecified atom stereocenters. The van der Waals surface area contributed by atoms with Gasteiger partial charge in [-0.2, -0.15) is 0 Å². The first kappa shape index (κ1) is 10.9. The van der Waals surface area contributed by atoms with Crippen molar-refractivity contribution in [1.29, 1.82) is 0 Å². The van der Waals surface area contributed by atoms with Crippen LogP contribution in [0, 0.1) is 0 Å². The van der Waals surface area contributed by atoms with Crippen molar-refractivity contribution >= 4 is 0 Å². The van der Waals surface area contributed by atoms with Gasteiger partial charge in [-0.3, -0.25) is 4.74 Å². The Bertz CT molecular complexity index is 143. The second-order valence-electron chi connectivity index (χ2n) is 2.87. The first-order chi connectivity index (χ1) is 6.26. The van der Waals surface area contributed by atoms with Crippen LogP contribution in [0.4, 0.5) is 0 Å². The number of methoxy groups -OCH3 is 1. The van der Waals surface area contributed by atoms with Crippen LogP contribution in [0.25, 0.3) is 0 Å². The van der Waals surface area contributed by atoms with E-state index >= 15 is 0 Å². The summed E-state index contributed by atoms with van der Waals surface area (Å²) in [7, 11) is 1.62. The molecule has 0 aromatic carbocycles. The van der Waals surface area contributed by atoms with E-state index in [1.807, 2.05) is 13.8 Å².